The molecule has 4 rings (SSSR count). The summed E-state index contributed by atoms with van der Waals surface area (Å²) in [5.74, 6) is -0.0457. The number of para-hydroxylation sites is 1. The Morgan fingerprint density at radius 1 is 0.812 bits per heavy atom. The molecule has 162 valence electrons. The summed E-state index contributed by atoms with van der Waals surface area (Å²) in [5, 5.41) is 7.74. The number of aryl methyl sites for hydroxylation is 1. The van der Waals surface area contributed by atoms with Gasteiger partial charge in [0.25, 0.3) is 0 Å². The molecule has 0 aliphatic heterocycles. The lowest BCUT2D eigenvalue weighted by Crippen LogP contribution is -2.32. The fourth-order valence-electron chi connectivity index (χ4n) is 3.88. The summed E-state index contributed by atoms with van der Waals surface area (Å²) >= 11 is 0. The molecule has 0 bridgehead atoms. The lowest BCUT2D eigenvalue weighted by Gasteiger charge is -2.22. The lowest BCUT2D eigenvalue weighted by molar-refractivity contribution is -0.117. The fourth-order valence-corrected chi connectivity index (χ4v) is 3.88. The molecule has 3 aromatic carbocycles. The monoisotopic (exact) mass is 424 g/mol. The summed E-state index contributed by atoms with van der Waals surface area (Å²) in [4.78, 5) is 15.2. The van der Waals surface area contributed by atoms with Crippen molar-refractivity contribution in [1.29, 1.82) is 0 Å². The molecular weight excluding hydrogens is 396 g/mol. The number of carbonyl (C=O) groups is 1. The second-order valence-corrected chi connectivity index (χ2v) is 7.96. The van der Waals surface area contributed by atoms with E-state index in [-0.39, 0.29) is 5.91 Å². The number of hydrogen-bond donors (Lipinski definition) is 1. The third kappa shape index (κ3) is 5.31. The van der Waals surface area contributed by atoms with Gasteiger partial charge in [-0.1, -0.05) is 78.9 Å². The summed E-state index contributed by atoms with van der Waals surface area (Å²) in [6.45, 7) is 5.59. The normalized spacial score (nSPS) is 11.0. The highest BCUT2D eigenvalue weighted by atomic mass is 16.2. The third-order valence-corrected chi connectivity index (χ3v) is 5.42. The van der Waals surface area contributed by atoms with E-state index in [1.807, 2.05) is 85.3 Å². The van der Waals surface area contributed by atoms with Crippen molar-refractivity contribution in [3.63, 3.8) is 0 Å². The fraction of sp³-hybridized carbons (Fsp3) is 0.185. The molecule has 5 heteroatoms. The highest BCUT2D eigenvalue weighted by Gasteiger charge is 2.18. The highest BCUT2D eigenvalue weighted by molar-refractivity contribution is 5.93. The van der Waals surface area contributed by atoms with Crippen molar-refractivity contribution in [2.45, 2.75) is 26.9 Å². The highest BCUT2D eigenvalue weighted by Crippen LogP contribution is 2.23. The van der Waals surface area contributed by atoms with Crippen LogP contribution in [0.2, 0.25) is 0 Å². The maximum absolute atomic E-state index is 13.1. The minimum atomic E-state index is -0.0457. The molecule has 1 heterocycles. The van der Waals surface area contributed by atoms with Gasteiger partial charge in [0.2, 0.25) is 5.91 Å². The Balaban J connectivity index is 1.50. The first kappa shape index (κ1) is 21.5. The number of anilines is 1. The number of hydrogen-bond acceptors (Lipinski definition) is 3. The first-order valence-corrected chi connectivity index (χ1v) is 10.8. The molecule has 1 aromatic heterocycles. The van der Waals surface area contributed by atoms with Crippen molar-refractivity contribution in [2.24, 2.45) is 0 Å². The summed E-state index contributed by atoms with van der Waals surface area (Å²) in [6.07, 6.45) is 0. The number of aromatic nitrogens is 2. The van der Waals surface area contributed by atoms with Gasteiger partial charge in [0.05, 0.1) is 29.3 Å². The van der Waals surface area contributed by atoms with Gasteiger partial charge in [-0.25, -0.2) is 4.68 Å². The van der Waals surface area contributed by atoms with Crippen LogP contribution in [0.25, 0.3) is 5.69 Å². The smallest absolute Gasteiger partial charge is 0.238 e. The molecule has 0 fully saturated rings. The third-order valence-electron chi connectivity index (χ3n) is 5.42. The first-order chi connectivity index (χ1) is 15.6. The van der Waals surface area contributed by atoms with Gasteiger partial charge in [-0.15, -0.1) is 0 Å². The maximum Gasteiger partial charge on any atom is 0.238 e. The van der Waals surface area contributed by atoms with Crippen LogP contribution in [-0.2, 0) is 17.9 Å². The Bertz CT molecular complexity index is 1110. The summed E-state index contributed by atoms with van der Waals surface area (Å²) in [6, 6.07) is 30.4. The molecule has 0 unspecified atom stereocenters. The molecule has 0 atom stereocenters. The van der Waals surface area contributed by atoms with Crippen molar-refractivity contribution in [2.75, 3.05) is 11.9 Å². The van der Waals surface area contributed by atoms with Crippen molar-refractivity contribution in [3.05, 3.63) is 114 Å². The van der Waals surface area contributed by atoms with E-state index in [4.69, 9.17) is 0 Å². The van der Waals surface area contributed by atoms with Crippen LogP contribution in [0.4, 0.5) is 5.69 Å². The molecule has 0 saturated carbocycles. The van der Waals surface area contributed by atoms with E-state index >= 15 is 0 Å². The van der Waals surface area contributed by atoms with Crippen LogP contribution in [0.5, 0.6) is 0 Å². The zero-order chi connectivity index (χ0) is 22.3. The van der Waals surface area contributed by atoms with E-state index in [1.54, 1.807) is 0 Å². The number of rotatable bonds is 8. The van der Waals surface area contributed by atoms with Gasteiger partial charge in [-0.2, -0.15) is 5.10 Å². The molecule has 0 radical (unpaired) electrons. The minimum absolute atomic E-state index is 0.0457. The second-order valence-electron chi connectivity index (χ2n) is 7.96. The Hall–Kier alpha value is -3.70. The Kier molecular flexibility index (Phi) is 6.78. The zero-order valence-corrected chi connectivity index (χ0v) is 18.5. The standard InChI is InChI=1S/C27H28N4O/c1-21-27(22(2)31(29-21)25-16-10-5-11-17-25)28-26(32)20-30(18-23-12-6-3-7-13-23)19-24-14-8-4-9-15-24/h3-17H,18-20H2,1-2H3,(H,28,32). The van der Waals surface area contributed by atoms with Gasteiger partial charge in [0, 0.05) is 13.1 Å². The van der Waals surface area contributed by atoms with Crippen molar-refractivity contribution < 1.29 is 4.79 Å². The topological polar surface area (TPSA) is 50.2 Å². The largest absolute Gasteiger partial charge is 0.322 e. The summed E-state index contributed by atoms with van der Waals surface area (Å²) in [5.41, 5.74) is 5.83. The number of nitrogens with zero attached hydrogens (tertiary/aromatic N) is 3. The Morgan fingerprint density at radius 2 is 1.31 bits per heavy atom. The van der Waals surface area contributed by atoms with Gasteiger partial charge in [0.1, 0.15) is 0 Å². The predicted molar refractivity (Wildman–Crippen MR) is 129 cm³/mol. The molecule has 0 aliphatic rings. The Labute approximate surface area is 189 Å². The van der Waals surface area contributed by atoms with Crippen LogP contribution in [0, 0.1) is 13.8 Å². The average molecular weight is 425 g/mol. The van der Waals surface area contributed by atoms with E-state index in [9.17, 15) is 4.79 Å². The Morgan fingerprint density at radius 3 is 1.84 bits per heavy atom. The van der Waals surface area contributed by atoms with Crippen molar-refractivity contribution in [3.8, 4) is 5.69 Å². The molecule has 4 aromatic rings. The number of benzene rings is 3. The van der Waals surface area contributed by atoms with Gasteiger partial charge < -0.3 is 5.32 Å². The molecule has 0 aliphatic carbocycles. The van der Waals surface area contributed by atoms with Crippen molar-refractivity contribution >= 4 is 11.6 Å². The molecule has 1 amide bonds. The van der Waals surface area contributed by atoms with E-state index < -0.39 is 0 Å². The van der Waals surface area contributed by atoms with Crippen LogP contribution >= 0.6 is 0 Å². The van der Waals surface area contributed by atoms with E-state index in [0.29, 0.717) is 19.6 Å². The molecular formula is C27H28N4O. The quantitative estimate of drug-likeness (QED) is 0.427. The minimum Gasteiger partial charge on any atom is -0.322 e. The lowest BCUT2D eigenvalue weighted by atomic mass is 10.1. The zero-order valence-electron chi connectivity index (χ0n) is 18.5. The molecule has 5 nitrogen and oxygen atoms in total. The van der Waals surface area contributed by atoms with E-state index in [1.165, 1.54) is 11.1 Å². The molecule has 32 heavy (non-hydrogen) atoms. The summed E-state index contributed by atoms with van der Waals surface area (Å²) in [7, 11) is 0. The van der Waals surface area contributed by atoms with Crippen LogP contribution < -0.4 is 5.32 Å². The van der Waals surface area contributed by atoms with Crippen LogP contribution in [0.1, 0.15) is 22.5 Å². The van der Waals surface area contributed by atoms with Gasteiger partial charge in [0.15, 0.2) is 0 Å². The first-order valence-electron chi connectivity index (χ1n) is 10.8. The maximum atomic E-state index is 13.1. The number of carbonyl (C=O) groups excluding carboxylic acids is 1. The van der Waals surface area contributed by atoms with Gasteiger partial charge in [-0.05, 0) is 37.1 Å². The van der Waals surface area contributed by atoms with Crippen molar-refractivity contribution in [1.82, 2.24) is 14.7 Å². The second kappa shape index (κ2) is 10.1. The SMILES string of the molecule is Cc1nn(-c2ccccc2)c(C)c1NC(=O)CN(Cc1ccccc1)Cc1ccccc1. The van der Waals surface area contributed by atoms with Crippen LogP contribution in [0.3, 0.4) is 0 Å². The van der Waals surface area contributed by atoms with Crippen LogP contribution in [-0.4, -0.2) is 27.1 Å². The van der Waals surface area contributed by atoms with Gasteiger partial charge in [-0.3, -0.25) is 9.69 Å². The molecule has 1 N–H and O–H groups in total. The molecule has 0 spiro atoms. The van der Waals surface area contributed by atoms with E-state index in [2.05, 4.69) is 39.6 Å². The predicted octanol–water partition coefficient (Wildman–Crippen LogP) is 5.13. The van der Waals surface area contributed by atoms with E-state index in [0.717, 1.165) is 22.8 Å². The van der Waals surface area contributed by atoms with Crippen LogP contribution in [0.15, 0.2) is 91.0 Å². The molecule has 0 saturated heterocycles. The number of amides is 1. The average Bonchev–Trinajstić information content (AvgIpc) is 3.09. The summed E-state index contributed by atoms with van der Waals surface area (Å²) < 4.78 is 1.87. The van der Waals surface area contributed by atoms with Gasteiger partial charge >= 0.3 is 0 Å². The number of nitrogens with one attached hydrogen (secondary N) is 1.